The minimum absolute atomic E-state index is 0. The fraction of sp³-hybridized carbons (Fsp3) is 0.154. The van der Waals surface area contributed by atoms with Crippen LogP contribution in [0.25, 0.3) is 33.9 Å². The number of imidazole rings is 2. The summed E-state index contributed by atoms with van der Waals surface area (Å²) in [6, 6.07) is 17.5. The molecule has 5 nitrogen and oxygen atoms in total. The quantitative estimate of drug-likeness (QED) is 0.323. The lowest BCUT2D eigenvalue weighted by Gasteiger charge is -2.14. The molecule has 3 aromatic heterocycles. The van der Waals surface area contributed by atoms with Gasteiger partial charge in [0.15, 0.2) is 0 Å². The van der Waals surface area contributed by atoms with Crippen LogP contribution in [0.3, 0.4) is 0 Å². The summed E-state index contributed by atoms with van der Waals surface area (Å²) in [5.41, 5.74) is 10.2. The highest BCUT2D eigenvalue weighted by Crippen LogP contribution is 2.38. The molecule has 1 aliphatic carbocycles. The van der Waals surface area contributed by atoms with Crippen LogP contribution >= 0.6 is 24.8 Å². The summed E-state index contributed by atoms with van der Waals surface area (Å²) in [6.07, 6.45) is 16.0. The lowest BCUT2D eigenvalue weighted by molar-refractivity contribution is 0.692. The van der Waals surface area contributed by atoms with Gasteiger partial charge in [-0.2, -0.15) is 0 Å². The van der Waals surface area contributed by atoms with Crippen LogP contribution in [0.2, 0.25) is 0 Å². The molecule has 0 saturated heterocycles. The second-order valence-electron chi connectivity index (χ2n) is 8.07. The molecule has 0 radical (unpaired) electrons. The molecule has 33 heavy (non-hydrogen) atoms. The van der Waals surface area contributed by atoms with Gasteiger partial charge in [-0.3, -0.25) is 0 Å². The third kappa shape index (κ3) is 4.22. The SMILES string of the molecule is Cl.Cl.c1cn(-c2ccc(-c3[nH]c(-c4ccc(-n5ccnc5)cc4)c4c3CCCC4)cc2)cn1. The Hall–Kier alpha value is -3.28. The van der Waals surface area contributed by atoms with Crippen molar-refractivity contribution < 1.29 is 0 Å². The lowest BCUT2D eigenvalue weighted by atomic mass is 9.89. The second-order valence-corrected chi connectivity index (χ2v) is 8.07. The van der Waals surface area contributed by atoms with Gasteiger partial charge in [-0.15, -0.1) is 24.8 Å². The van der Waals surface area contributed by atoms with Crippen molar-refractivity contribution in [1.29, 1.82) is 0 Å². The summed E-state index contributed by atoms with van der Waals surface area (Å²) < 4.78 is 4.06. The predicted molar refractivity (Wildman–Crippen MR) is 137 cm³/mol. The lowest BCUT2D eigenvalue weighted by Crippen LogP contribution is -2.01. The van der Waals surface area contributed by atoms with E-state index in [0.29, 0.717) is 0 Å². The third-order valence-electron chi connectivity index (χ3n) is 6.24. The van der Waals surface area contributed by atoms with E-state index in [2.05, 4.69) is 63.5 Å². The van der Waals surface area contributed by atoms with E-state index in [-0.39, 0.29) is 24.8 Å². The molecule has 0 aliphatic heterocycles. The smallest absolute Gasteiger partial charge is 0.0991 e. The largest absolute Gasteiger partial charge is 0.354 e. The maximum absolute atomic E-state index is 4.15. The molecular formula is C26H25Cl2N5. The first-order chi connectivity index (χ1) is 15.4. The van der Waals surface area contributed by atoms with Crippen molar-refractivity contribution in [3.8, 4) is 33.9 Å². The molecule has 0 saturated carbocycles. The molecule has 0 spiro atoms. The number of hydrogen-bond acceptors (Lipinski definition) is 2. The first-order valence-corrected chi connectivity index (χ1v) is 10.8. The van der Waals surface area contributed by atoms with Gasteiger partial charge in [0.05, 0.1) is 12.7 Å². The molecule has 2 aromatic carbocycles. The number of halogens is 2. The highest BCUT2D eigenvalue weighted by atomic mass is 35.5. The Morgan fingerprint density at radius 1 is 0.606 bits per heavy atom. The number of nitrogens with zero attached hydrogens (tertiary/aromatic N) is 4. The Bertz CT molecular complexity index is 1200. The van der Waals surface area contributed by atoms with E-state index in [0.717, 1.165) is 24.2 Å². The minimum atomic E-state index is 0. The molecule has 0 bridgehead atoms. The van der Waals surface area contributed by atoms with Crippen LogP contribution in [-0.4, -0.2) is 24.1 Å². The first-order valence-electron chi connectivity index (χ1n) is 10.8. The summed E-state index contributed by atoms with van der Waals surface area (Å²) in [4.78, 5) is 12.1. The summed E-state index contributed by atoms with van der Waals surface area (Å²) in [5.74, 6) is 0. The van der Waals surface area contributed by atoms with Crippen molar-refractivity contribution in [1.82, 2.24) is 24.1 Å². The van der Waals surface area contributed by atoms with Crippen molar-refractivity contribution in [3.63, 3.8) is 0 Å². The van der Waals surface area contributed by atoms with Gasteiger partial charge in [0.2, 0.25) is 0 Å². The van der Waals surface area contributed by atoms with E-state index in [9.17, 15) is 0 Å². The standard InChI is InChI=1S/C26H23N5.2ClH/c1-2-4-24-23(3-1)25(19-5-9-21(10-6-19)30-15-13-27-17-30)29-26(24)20-7-11-22(12-8-20)31-16-14-28-18-31;;/h5-18,29H,1-4H2;2*1H. The second kappa shape index (κ2) is 9.69. The summed E-state index contributed by atoms with van der Waals surface area (Å²) >= 11 is 0. The highest BCUT2D eigenvalue weighted by Gasteiger charge is 2.22. The van der Waals surface area contributed by atoms with Crippen LogP contribution in [0.4, 0.5) is 0 Å². The number of aromatic nitrogens is 5. The Labute approximate surface area is 205 Å². The van der Waals surface area contributed by atoms with Crippen LogP contribution in [0.5, 0.6) is 0 Å². The van der Waals surface area contributed by atoms with Crippen molar-refractivity contribution >= 4 is 24.8 Å². The zero-order valence-corrected chi connectivity index (χ0v) is 19.6. The molecule has 7 heteroatoms. The third-order valence-corrected chi connectivity index (χ3v) is 6.24. The fourth-order valence-electron chi connectivity index (χ4n) is 4.65. The number of nitrogens with one attached hydrogen (secondary N) is 1. The van der Waals surface area contributed by atoms with E-state index < -0.39 is 0 Å². The maximum atomic E-state index is 4.15. The number of benzene rings is 2. The van der Waals surface area contributed by atoms with E-state index in [4.69, 9.17) is 0 Å². The van der Waals surface area contributed by atoms with Crippen molar-refractivity contribution in [2.24, 2.45) is 0 Å². The van der Waals surface area contributed by atoms with Gasteiger partial charge in [0, 0.05) is 47.6 Å². The Morgan fingerprint density at radius 3 is 1.39 bits per heavy atom. The van der Waals surface area contributed by atoms with Crippen LogP contribution in [0.15, 0.2) is 86.0 Å². The van der Waals surface area contributed by atoms with Gasteiger partial charge < -0.3 is 14.1 Å². The minimum Gasteiger partial charge on any atom is -0.354 e. The van der Waals surface area contributed by atoms with E-state index >= 15 is 0 Å². The van der Waals surface area contributed by atoms with Crippen LogP contribution in [-0.2, 0) is 12.8 Å². The fourth-order valence-corrected chi connectivity index (χ4v) is 4.65. The molecule has 0 atom stereocenters. The number of rotatable bonds is 4. The molecular weight excluding hydrogens is 453 g/mol. The Morgan fingerprint density at radius 2 is 1.03 bits per heavy atom. The molecule has 1 N–H and O–H groups in total. The van der Waals surface area contributed by atoms with Crippen molar-refractivity contribution in [2.45, 2.75) is 25.7 Å². The van der Waals surface area contributed by atoms with Gasteiger partial charge >= 0.3 is 0 Å². The van der Waals surface area contributed by atoms with Crippen molar-refractivity contribution in [2.75, 3.05) is 0 Å². The van der Waals surface area contributed by atoms with Gasteiger partial charge in [0.1, 0.15) is 0 Å². The Balaban J connectivity index is 0.00000130. The van der Waals surface area contributed by atoms with E-state index in [1.54, 1.807) is 12.4 Å². The maximum Gasteiger partial charge on any atom is 0.0991 e. The molecule has 0 amide bonds. The van der Waals surface area contributed by atoms with Crippen LogP contribution in [0, 0.1) is 0 Å². The average molecular weight is 478 g/mol. The number of hydrogen-bond donors (Lipinski definition) is 1. The summed E-state index contributed by atoms with van der Waals surface area (Å²) in [5, 5.41) is 0. The van der Waals surface area contributed by atoms with Gasteiger partial charge in [-0.05, 0) is 72.2 Å². The zero-order chi connectivity index (χ0) is 20.6. The molecule has 0 fully saturated rings. The monoisotopic (exact) mass is 477 g/mol. The van der Waals surface area contributed by atoms with Crippen LogP contribution in [0.1, 0.15) is 24.0 Å². The average Bonchev–Trinajstić information content (AvgIpc) is 3.61. The molecule has 0 unspecified atom stereocenters. The summed E-state index contributed by atoms with van der Waals surface area (Å²) in [7, 11) is 0. The van der Waals surface area contributed by atoms with Gasteiger partial charge in [-0.1, -0.05) is 24.3 Å². The number of fused-ring (bicyclic) bond motifs is 1. The molecule has 5 aromatic rings. The van der Waals surface area contributed by atoms with Gasteiger partial charge in [0.25, 0.3) is 0 Å². The van der Waals surface area contributed by atoms with Crippen LogP contribution < -0.4 is 0 Å². The topological polar surface area (TPSA) is 51.4 Å². The molecule has 3 heterocycles. The van der Waals surface area contributed by atoms with E-state index in [1.165, 1.54) is 46.5 Å². The Kier molecular flexibility index (Phi) is 6.72. The zero-order valence-electron chi connectivity index (χ0n) is 18.0. The predicted octanol–water partition coefficient (Wildman–Crippen LogP) is 6.44. The number of aromatic amines is 1. The normalized spacial score (nSPS) is 12.5. The first kappa shape index (κ1) is 22.9. The highest BCUT2D eigenvalue weighted by molar-refractivity contribution is 5.85. The summed E-state index contributed by atoms with van der Waals surface area (Å²) in [6.45, 7) is 0. The molecule has 1 aliphatic rings. The molecule has 168 valence electrons. The van der Waals surface area contributed by atoms with Crippen molar-refractivity contribution in [3.05, 3.63) is 97.1 Å². The molecule has 6 rings (SSSR count). The number of H-pyrrole nitrogens is 1. The van der Waals surface area contributed by atoms with Gasteiger partial charge in [-0.25, -0.2) is 9.97 Å². The van der Waals surface area contributed by atoms with E-state index in [1.807, 2.05) is 34.2 Å².